The van der Waals surface area contributed by atoms with Crippen molar-refractivity contribution in [3.8, 4) is 5.75 Å². The molecule has 0 radical (unpaired) electrons. The summed E-state index contributed by atoms with van der Waals surface area (Å²) in [6, 6.07) is 0.225. The molecule has 174 valence electrons. The number of alkyl halides is 3. The van der Waals surface area contributed by atoms with Crippen LogP contribution in [0.4, 0.5) is 13.2 Å². The second-order valence-electron chi connectivity index (χ2n) is 9.99. The minimum Gasteiger partial charge on any atom is -0.481 e. The molecule has 1 aliphatic carbocycles. The molecule has 0 aliphatic heterocycles. The number of pyridine rings is 1. The predicted molar refractivity (Wildman–Crippen MR) is 109 cm³/mol. The third kappa shape index (κ3) is 7.11. The monoisotopic (exact) mass is 444 g/mol. The lowest BCUT2D eigenvalue weighted by molar-refractivity contribution is -0.189. The van der Waals surface area contributed by atoms with E-state index < -0.39 is 41.2 Å². The first-order chi connectivity index (χ1) is 14.0. The summed E-state index contributed by atoms with van der Waals surface area (Å²) in [6.07, 6.45) is -3.54. The number of carbonyl (C=O) groups excluding carboxylic acids is 2. The predicted octanol–water partition coefficient (Wildman–Crippen LogP) is 4.77. The molecule has 0 saturated heterocycles. The summed E-state index contributed by atoms with van der Waals surface area (Å²) in [5.41, 5.74) is -1.00. The molecule has 1 saturated carbocycles. The number of halogens is 3. The molecule has 1 amide bonds. The number of esters is 1. The number of amides is 1. The van der Waals surface area contributed by atoms with Crippen LogP contribution in [0.15, 0.2) is 12.3 Å². The maximum atomic E-state index is 13.0. The second-order valence-corrected chi connectivity index (χ2v) is 9.99. The van der Waals surface area contributed by atoms with Crippen molar-refractivity contribution in [1.82, 2.24) is 10.3 Å². The fraction of sp³-hybridized carbons (Fsp3) is 0.682. The van der Waals surface area contributed by atoms with Crippen LogP contribution in [0, 0.1) is 5.41 Å². The normalized spacial score (nSPS) is 17.0. The van der Waals surface area contributed by atoms with Gasteiger partial charge < -0.3 is 14.8 Å². The lowest BCUT2D eigenvalue weighted by Gasteiger charge is -2.32. The Labute approximate surface area is 180 Å². The third-order valence-corrected chi connectivity index (χ3v) is 4.69. The molecule has 1 fully saturated rings. The van der Waals surface area contributed by atoms with Gasteiger partial charge in [0.1, 0.15) is 23.1 Å². The number of hydrogen-bond acceptors (Lipinski definition) is 5. The molecule has 31 heavy (non-hydrogen) atoms. The van der Waals surface area contributed by atoms with Gasteiger partial charge >= 0.3 is 12.1 Å². The van der Waals surface area contributed by atoms with Gasteiger partial charge in [0, 0.05) is 17.8 Å². The van der Waals surface area contributed by atoms with E-state index in [0.29, 0.717) is 5.56 Å². The van der Waals surface area contributed by atoms with E-state index in [1.807, 2.05) is 0 Å². The average Bonchev–Trinajstić information content (AvgIpc) is 3.40. The SMILES string of the molecule is CC(Oc1cc(C(=O)NC(C(=O)OC(C)(C)C)C(C)(C)C)ncc1C1CC1)C(F)(F)F. The van der Waals surface area contributed by atoms with Crippen molar-refractivity contribution in [2.24, 2.45) is 5.41 Å². The first-order valence-corrected chi connectivity index (χ1v) is 10.3. The lowest BCUT2D eigenvalue weighted by atomic mass is 9.86. The van der Waals surface area contributed by atoms with Crippen molar-refractivity contribution >= 4 is 11.9 Å². The van der Waals surface area contributed by atoms with Crippen LogP contribution in [0.3, 0.4) is 0 Å². The number of ether oxygens (including phenoxy) is 2. The summed E-state index contributed by atoms with van der Waals surface area (Å²) in [4.78, 5) is 29.6. The van der Waals surface area contributed by atoms with Crippen molar-refractivity contribution < 1.29 is 32.2 Å². The molecular formula is C22H31F3N2O4. The Bertz CT molecular complexity index is 822. The smallest absolute Gasteiger partial charge is 0.425 e. The van der Waals surface area contributed by atoms with Crippen LogP contribution in [0.2, 0.25) is 0 Å². The summed E-state index contributed by atoms with van der Waals surface area (Å²) >= 11 is 0. The molecule has 1 N–H and O–H groups in total. The van der Waals surface area contributed by atoms with Crippen molar-refractivity contribution in [2.75, 3.05) is 0 Å². The highest BCUT2D eigenvalue weighted by molar-refractivity contribution is 5.95. The molecule has 2 rings (SSSR count). The van der Waals surface area contributed by atoms with Crippen LogP contribution in [0.25, 0.3) is 0 Å². The zero-order valence-corrected chi connectivity index (χ0v) is 19.0. The van der Waals surface area contributed by atoms with Crippen LogP contribution < -0.4 is 10.1 Å². The fourth-order valence-electron chi connectivity index (χ4n) is 2.83. The van der Waals surface area contributed by atoms with Crippen LogP contribution in [0.5, 0.6) is 5.75 Å². The number of rotatable bonds is 6. The Morgan fingerprint density at radius 1 is 1.13 bits per heavy atom. The Hall–Kier alpha value is -2.32. The van der Waals surface area contributed by atoms with Gasteiger partial charge in [-0.1, -0.05) is 20.8 Å². The van der Waals surface area contributed by atoms with E-state index in [0.717, 1.165) is 19.8 Å². The summed E-state index contributed by atoms with van der Waals surface area (Å²) in [5, 5.41) is 2.62. The van der Waals surface area contributed by atoms with Gasteiger partial charge in [-0.3, -0.25) is 9.78 Å². The molecule has 2 atom stereocenters. The van der Waals surface area contributed by atoms with Gasteiger partial charge in [-0.2, -0.15) is 13.2 Å². The second kappa shape index (κ2) is 8.67. The first-order valence-electron chi connectivity index (χ1n) is 10.3. The van der Waals surface area contributed by atoms with Gasteiger partial charge in [0.15, 0.2) is 6.10 Å². The van der Waals surface area contributed by atoms with Crippen LogP contribution >= 0.6 is 0 Å². The number of nitrogens with one attached hydrogen (secondary N) is 1. The molecule has 6 nitrogen and oxygen atoms in total. The summed E-state index contributed by atoms with van der Waals surface area (Å²) in [7, 11) is 0. The first kappa shape index (κ1) is 24.9. The van der Waals surface area contributed by atoms with E-state index in [2.05, 4.69) is 10.3 Å². The molecule has 1 heterocycles. The zero-order chi connectivity index (χ0) is 23.8. The van der Waals surface area contributed by atoms with E-state index in [-0.39, 0.29) is 17.4 Å². The van der Waals surface area contributed by atoms with Crippen molar-refractivity contribution in [3.63, 3.8) is 0 Å². The molecule has 0 aromatic carbocycles. The van der Waals surface area contributed by atoms with Gasteiger partial charge in [0.2, 0.25) is 0 Å². The van der Waals surface area contributed by atoms with E-state index in [1.54, 1.807) is 41.5 Å². The highest BCUT2D eigenvalue weighted by Gasteiger charge is 2.40. The quantitative estimate of drug-likeness (QED) is 0.640. The molecule has 9 heteroatoms. The maximum absolute atomic E-state index is 13.0. The van der Waals surface area contributed by atoms with Gasteiger partial charge in [-0.15, -0.1) is 0 Å². The van der Waals surface area contributed by atoms with Crippen molar-refractivity contribution in [3.05, 3.63) is 23.5 Å². The zero-order valence-electron chi connectivity index (χ0n) is 19.0. The summed E-state index contributed by atoms with van der Waals surface area (Å²) in [5.74, 6) is -1.25. The van der Waals surface area contributed by atoms with E-state index in [1.165, 1.54) is 12.3 Å². The average molecular weight is 444 g/mol. The molecule has 1 aliphatic rings. The fourth-order valence-corrected chi connectivity index (χ4v) is 2.83. The minimum atomic E-state index is -4.54. The van der Waals surface area contributed by atoms with Crippen LogP contribution in [-0.2, 0) is 9.53 Å². The highest BCUT2D eigenvalue weighted by atomic mass is 19.4. The summed E-state index contributed by atoms with van der Waals surface area (Å²) in [6.45, 7) is 11.4. The highest BCUT2D eigenvalue weighted by Crippen LogP contribution is 2.44. The Morgan fingerprint density at radius 2 is 1.71 bits per heavy atom. The van der Waals surface area contributed by atoms with Gasteiger partial charge in [0.25, 0.3) is 5.91 Å². The van der Waals surface area contributed by atoms with E-state index >= 15 is 0 Å². The van der Waals surface area contributed by atoms with Crippen LogP contribution in [-0.4, -0.2) is 40.8 Å². The van der Waals surface area contributed by atoms with Gasteiger partial charge in [-0.05, 0) is 51.9 Å². The Kier molecular flexibility index (Phi) is 6.97. The largest absolute Gasteiger partial charge is 0.481 e. The standard InChI is InChI=1S/C22H31F3N2O4/c1-12(22(23,24)25)30-16-10-15(26-11-14(16)13-8-9-13)18(28)27-17(20(2,3)4)19(29)31-21(5,6)7/h10-13,17H,8-9H2,1-7H3,(H,27,28). The number of nitrogens with zero attached hydrogens (tertiary/aromatic N) is 1. The Morgan fingerprint density at radius 3 is 2.16 bits per heavy atom. The third-order valence-electron chi connectivity index (χ3n) is 4.69. The summed E-state index contributed by atoms with van der Waals surface area (Å²) < 4.78 is 49.6. The molecular weight excluding hydrogens is 413 g/mol. The van der Waals surface area contributed by atoms with Crippen molar-refractivity contribution in [1.29, 1.82) is 0 Å². The van der Waals surface area contributed by atoms with E-state index in [9.17, 15) is 22.8 Å². The molecule has 2 unspecified atom stereocenters. The molecule has 0 spiro atoms. The Balaban J connectivity index is 2.28. The van der Waals surface area contributed by atoms with Crippen LogP contribution in [0.1, 0.15) is 83.3 Å². The maximum Gasteiger partial charge on any atom is 0.425 e. The lowest BCUT2D eigenvalue weighted by Crippen LogP contribution is -2.51. The van der Waals surface area contributed by atoms with E-state index in [4.69, 9.17) is 9.47 Å². The number of carbonyl (C=O) groups is 2. The number of aromatic nitrogens is 1. The molecule has 1 aromatic heterocycles. The number of hydrogen-bond donors (Lipinski definition) is 1. The molecule has 1 aromatic rings. The van der Waals surface area contributed by atoms with Gasteiger partial charge in [0.05, 0.1) is 0 Å². The van der Waals surface area contributed by atoms with Gasteiger partial charge in [-0.25, -0.2) is 4.79 Å². The molecule has 0 bridgehead atoms. The minimum absolute atomic E-state index is 0.0166. The van der Waals surface area contributed by atoms with Crippen molar-refractivity contribution in [2.45, 2.75) is 91.1 Å². The topological polar surface area (TPSA) is 77.5 Å².